The molecule has 1 aromatic rings. The minimum atomic E-state index is -0.331. The van der Waals surface area contributed by atoms with E-state index in [1.54, 1.807) is 0 Å². The molecule has 2 rings (SSSR count). The van der Waals surface area contributed by atoms with Gasteiger partial charge in [-0.2, -0.15) is 0 Å². The van der Waals surface area contributed by atoms with E-state index in [9.17, 15) is 4.79 Å². The number of fused-ring (bicyclic) bond motifs is 1. The molecule has 0 saturated heterocycles. The normalized spacial score (nSPS) is 12.1. The molecular weight excluding hydrogens is 220 g/mol. The Morgan fingerprint density at radius 1 is 1.35 bits per heavy atom. The van der Waals surface area contributed by atoms with Crippen LogP contribution in [0.5, 0.6) is 11.5 Å². The van der Waals surface area contributed by atoms with E-state index in [0.29, 0.717) is 5.75 Å². The molecule has 1 aliphatic rings. The van der Waals surface area contributed by atoms with Gasteiger partial charge in [0, 0.05) is 6.08 Å². The van der Waals surface area contributed by atoms with Crippen LogP contribution in [0.3, 0.4) is 0 Å². The molecule has 17 heavy (non-hydrogen) atoms. The van der Waals surface area contributed by atoms with Crippen LogP contribution in [-0.2, 0) is 16.1 Å². The molecule has 0 radical (unpaired) electrons. The molecule has 0 N–H and O–H groups in total. The lowest BCUT2D eigenvalue weighted by Gasteiger charge is -2.03. The first kappa shape index (κ1) is 11.5. The van der Waals surface area contributed by atoms with Gasteiger partial charge >= 0.3 is 5.97 Å². The Morgan fingerprint density at radius 2 is 2.12 bits per heavy atom. The van der Waals surface area contributed by atoms with Crippen molar-refractivity contribution in [2.24, 2.45) is 0 Å². The lowest BCUT2D eigenvalue weighted by atomic mass is 10.2. The molecule has 0 atom stereocenters. The van der Waals surface area contributed by atoms with Crippen molar-refractivity contribution in [3.8, 4) is 11.5 Å². The second kappa shape index (κ2) is 4.91. The van der Waals surface area contributed by atoms with E-state index < -0.39 is 0 Å². The molecule has 0 amide bonds. The van der Waals surface area contributed by atoms with Crippen molar-refractivity contribution < 1.29 is 19.0 Å². The summed E-state index contributed by atoms with van der Waals surface area (Å²) in [5.41, 5.74) is 1.80. The molecule has 0 saturated carbocycles. The fourth-order valence-electron chi connectivity index (χ4n) is 1.46. The Hall–Kier alpha value is -1.97. The number of carbonyl (C=O) groups excluding carboxylic acids is 1. The number of hydrogen-bond acceptors (Lipinski definition) is 4. The molecule has 4 nitrogen and oxygen atoms in total. The maximum atomic E-state index is 11.3. The van der Waals surface area contributed by atoms with E-state index >= 15 is 0 Å². The van der Waals surface area contributed by atoms with Gasteiger partial charge in [0.15, 0.2) is 11.5 Å². The molecule has 0 bridgehead atoms. The van der Waals surface area contributed by atoms with Crippen LogP contribution < -0.4 is 9.47 Å². The van der Waals surface area contributed by atoms with Crippen molar-refractivity contribution >= 4 is 5.97 Å². The largest absolute Gasteiger partial charge is 0.458 e. The fourth-order valence-corrected chi connectivity index (χ4v) is 1.46. The van der Waals surface area contributed by atoms with E-state index in [0.717, 1.165) is 16.9 Å². The SMILES string of the molecule is CC(C)=CC(=O)OCc1ccc2c(c1)OCO2. The van der Waals surface area contributed by atoms with Crippen molar-refractivity contribution in [2.75, 3.05) is 6.79 Å². The summed E-state index contributed by atoms with van der Waals surface area (Å²) in [4.78, 5) is 11.3. The zero-order valence-corrected chi connectivity index (χ0v) is 9.86. The van der Waals surface area contributed by atoms with E-state index in [1.165, 1.54) is 6.08 Å². The summed E-state index contributed by atoms with van der Waals surface area (Å²) in [6.45, 7) is 4.18. The zero-order valence-electron chi connectivity index (χ0n) is 9.86. The number of hydrogen-bond donors (Lipinski definition) is 0. The third-order valence-electron chi connectivity index (χ3n) is 2.22. The molecule has 1 aromatic carbocycles. The van der Waals surface area contributed by atoms with Gasteiger partial charge in [0.1, 0.15) is 6.61 Å². The van der Waals surface area contributed by atoms with Crippen LogP contribution in [-0.4, -0.2) is 12.8 Å². The maximum absolute atomic E-state index is 11.3. The molecule has 4 heteroatoms. The van der Waals surface area contributed by atoms with E-state index in [1.807, 2.05) is 32.0 Å². The third-order valence-corrected chi connectivity index (χ3v) is 2.22. The molecule has 1 aliphatic heterocycles. The van der Waals surface area contributed by atoms with Crippen LogP contribution in [0.4, 0.5) is 0 Å². The Balaban J connectivity index is 1.96. The van der Waals surface area contributed by atoms with Crippen molar-refractivity contribution in [1.29, 1.82) is 0 Å². The van der Waals surface area contributed by atoms with Crippen LogP contribution in [0.25, 0.3) is 0 Å². The highest BCUT2D eigenvalue weighted by Gasteiger charge is 2.13. The number of benzene rings is 1. The van der Waals surface area contributed by atoms with Gasteiger partial charge in [0.25, 0.3) is 0 Å². The predicted molar refractivity (Wildman–Crippen MR) is 61.8 cm³/mol. The first-order chi connectivity index (χ1) is 8.15. The highest BCUT2D eigenvalue weighted by atomic mass is 16.7. The molecule has 90 valence electrons. The van der Waals surface area contributed by atoms with Crippen LogP contribution in [0.15, 0.2) is 29.8 Å². The maximum Gasteiger partial charge on any atom is 0.331 e. The van der Waals surface area contributed by atoms with Gasteiger partial charge in [0.05, 0.1) is 0 Å². The number of carbonyl (C=O) groups is 1. The Kier molecular flexibility index (Phi) is 3.32. The summed E-state index contributed by atoms with van der Waals surface area (Å²) < 4.78 is 15.5. The first-order valence-corrected chi connectivity index (χ1v) is 5.35. The smallest absolute Gasteiger partial charge is 0.331 e. The van der Waals surface area contributed by atoms with Crippen LogP contribution in [0, 0.1) is 0 Å². The fraction of sp³-hybridized carbons (Fsp3) is 0.308. The number of allylic oxidation sites excluding steroid dienone is 1. The molecule has 0 unspecified atom stereocenters. The Morgan fingerprint density at radius 3 is 2.88 bits per heavy atom. The summed E-state index contributed by atoms with van der Waals surface area (Å²) in [5.74, 6) is 1.09. The van der Waals surface area contributed by atoms with E-state index in [4.69, 9.17) is 14.2 Å². The summed E-state index contributed by atoms with van der Waals surface area (Å²) in [6.07, 6.45) is 1.47. The molecule has 0 fully saturated rings. The number of esters is 1. The first-order valence-electron chi connectivity index (χ1n) is 5.35. The molecule has 0 aromatic heterocycles. The predicted octanol–water partition coefficient (Wildman–Crippen LogP) is 2.42. The molecule has 1 heterocycles. The number of ether oxygens (including phenoxy) is 3. The minimum absolute atomic E-state index is 0.235. The average molecular weight is 234 g/mol. The highest BCUT2D eigenvalue weighted by Crippen LogP contribution is 2.32. The quantitative estimate of drug-likeness (QED) is 0.595. The van der Waals surface area contributed by atoms with Crippen molar-refractivity contribution in [3.63, 3.8) is 0 Å². The van der Waals surface area contributed by atoms with Gasteiger partial charge in [-0.1, -0.05) is 11.6 Å². The lowest BCUT2D eigenvalue weighted by Crippen LogP contribution is -2.01. The average Bonchev–Trinajstić information content (AvgIpc) is 2.72. The van der Waals surface area contributed by atoms with Gasteiger partial charge in [-0.05, 0) is 31.5 Å². The van der Waals surface area contributed by atoms with Gasteiger partial charge < -0.3 is 14.2 Å². The monoisotopic (exact) mass is 234 g/mol. The third kappa shape index (κ3) is 3.00. The topological polar surface area (TPSA) is 44.8 Å². The lowest BCUT2D eigenvalue weighted by molar-refractivity contribution is -0.139. The van der Waals surface area contributed by atoms with Crippen LogP contribution in [0.2, 0.25) is 0 Å². The van der Waals surface area contributed by atoms with Crippen molar-refractivity contribution in [1.82, 2.24) is 0 Å². The summed E-state index contributed by atoms with van der Waals surface area (Å²) in [5, 5.41) is 0. The summed E-state index contributed by atoms with van der Waals surface area (Å²) in [7, 11) is 0. The minimum Gasteiger partial charge on any atom is -0.458 e. The zero-order chi connectivity index (χ0) is 12.3. The van der Waals surface area contributed by atoms with Crippen molar-refractivity contribution in [2.45, 2.75) is 20.5 Å². The number of rotatable bonds is 3. The summed E-state index contributed by atoms with van der Waals surface area (Å²) >= 11 is 0. The van der Waals surface area contributed by atoms with E-state index in [2.05, 4.69) is 0 Å². The van der Waals surface area contributed by atoms with Gasteiger partial charge in [-0.3, -0.25) is 0 Å². The Bertz CT molecular complexity index is 458. The second-order valence-corrected chi connectivity index (χ2v) is 4.02. The summed E-state index contributed by atoms with van der Waals surface area (Å²) in [6, 6.07) is 5.48. The van der Waals surface area contributed by atoms with Crippen molar-refractivity contribution in [3.05, 3.63) is 35.4 Å². The molecular formula is C13H14O4. The van der Waals surface area contributed by atoms with Gasteiger partial charge in [-0.25, -0.2) is 4.79 Å². The van der Waals surface area contributed by atoms with Crippen LogP contribution >= 0.6 is 0 Å². The van der Waals surface area contributed by atoms with Gasteiger partial charge in [0.2, 0.25) is 6.79 Å². The molecule has 0 spiro atoms. The highest BCUT2D eigenvalue weighted by molar-refractivity contribution is 5.82. The van der Waals surface area contributed by atoms with Crippen LogP contribution in [0.1, 0.15) is 19.4 Å². The standard InChI is InChI=1S/C13H14O4/c1-9(2)5-13(14)15-7-10-3-4-11-12(6-10)17-8-16-11/h3-6H,7-8H2,1-2H3. The Labute approximate surface area is 99.8 Å². The van der Waals surface area contributed by atoms with Gasteiger partial charge in [-0.15, -0.1) is 0 Å². The second-order valence-electron chi connectivity index (χ2n) is 4.02. The molecule has 0 aliphatic carbocycles. The van der Waals surface area contributed by atoms with E-state index in [-0.39, 0.29) is 19.4 Å².